The van der Waals surface area contributed by atoms with E-state index in [9.17, 15) is 17.6 Å². The molecule has 2 rings (SSSR count). The van der Waals surface area contributed by atoms with Gasteiger partial charge in [0, 0.05) is 18.6 Å². The summed E-state index contributed by atoms with van der Waals surface area (Å²) in [5.74, 6) is -1.17. The lowest BCUT2D eigenvalue weighted by molar-refractivity contribution is 0.102. The molecular formula is C16H16BrFN2O4S. The molecule has 0 atom stereocenters. The van der Waals surface area contributed by atoms with E-state index >= 15 is 0 Å². The Balaban J connectivity index is 2.44. The molecule has 1 amide bonds. The summed E-state index contributed by atoms with van der Waals surface area (Å²) in [7, 11) is 0.480. The molecule has 0 aliphatic carbocycles. The van der Waals surface area contributed by atoms with Crippen molar-refractivity contribution in [1.29, 1.82) is 0 Å². The van der Waals surface area contributed by atoms with Crippen LogP contribution in [0, 0.1) is 5.82 Å². The van der Waals surface area contributed by atoms with Crippen molar-refractivity contribution in [2.75, 3.05) is 26.5 Å². The number of anilines is 1. The lowest BCUT2D eigenvalue weighted by Gasteiger charge is -2.15. The molecule has 0 aromatic heterocycles. The topological polar surface area (TPSA) is 75.7 Å². The van der Waals surface area contributed by atoms with Gasteiger partial charge in [-0.3, -0.25) is 4.79 Å². The summed E-state index contributed by atoms with van der Waals surface area (Å²) < 4.78 is 45.1. The number of ether oxygens (including phenoxy) is 1. The number of hydrogen-bond donors (Lipinski definition) is 1. The van der Waals surface area contributed by atoms with Crippen LogP contribution in [-0.2, 0) is 10.0 Å². The average molecular weight is 431 g/mol. The number of benzene rings is 2. The van der Waals surface area contributed by atoms with Gasteiger partial charge in [-0.15, -0.1) is 0 Å². The molecule has 0 bridgehead atoms. The molecule has 0 aliphatic heterocycles. The van der Waals surface area contributed by atoms with Crippen LogP contribution in [0.1, 0.15) is 10.4 Å². The maximum absolute atomic E-state index is 13.9. The second-order valence-electron chi connectivity index (χ2n) is 5.23. The SMILES string of the molecule is COc1ccc(S(=O)(=O)N(C)C)cc1NC(=O)c1cc(Br)ccc1F. The number of halogens is 2. The molecule has 0 heterocycles. The second kappa shape index (κ2) is 7.51. The first kappa shape index (κ1) is 19.4. The predicted octanol–water partition coefficient (Wildman–Crippen LogP) is 3.10. The highest BCUT2D eigenvalue weighted by atomic mass is 79.9. The van der Waals surface area contributed by atoms with Gasteiger partial charge < -0.3 is 10.1 Å². The molecule has 2 aromatic carbocycles. The maximum atomic E-state index is 13.9. The predicted molar refractivity (Wildman–Crippen MR) is 95.9 cm³/mol. The zero-order chi connectivity index (χ0) is 18.8. The Labute approximate surface area is 153 Å². The van der Waals surface area contributed by atoms with Crippen molar-refractivity contribution in [2.24, 2.45) is 0 Å². The normalized spacial score (nSPS) is 11.4. The van der Waals surface area contributed by atoms with Gasteiger partial charge >= 0.3 is 0 Å². The molecule has 1 N–H and O–H groups in total. The summed E-state index contributed by atoms with van der Waals surface area (Å²) in [4.78, 5) is 12.3. The molecule has 0 radical (unpaired) electrons. The van der Waals surface area contributed by atoms with E-state index in [0.717, 1.165) is 10.4 Å². The zero-order valence-electron chi connectivity index (χ0n) is 13.7. The van der Waals surface area contributed by atoms with E-state index < -0.39 is 21.7 Å². The third kappa shape index (κ3) is 4.17. The summed E-state index contributed by atoms with van der Waals surface area (Å²) in [6.07, 6.45) is 0. The van der Waals surface area contributed by atoms with E-state index in [4.69, 9.17) is 4.74 Å². The Morgan fingerprint density at radius 3 is 2.48 bits per heavy atom. The highest BCUT2D eigenvalue weighted by Crippen LogP contribution is 2.29. The van der Waals surface area contributed by atoms with Crippen LogP contribution in [0.3, 0.4) is 0 Å². The summed E-state index contributed by atoms with van der Waals surface area (Å²) in [5.41, 5.74) is -0.0629. The summed E-state index contributed by atoms with van der Waals surface area (Å²) in [6, 6.07) is 8.01. The van der Waals surface area contributed by atoms with Crippen molar-refractivity contribution in [3.05, 3.63) is 52.3 Å². The summed E-state index contributed by atoms with van der Waals surface area (Å²) >= 11 is 3.18. The third-order valence-corrected chi connectivity index (χ3v) is 5.68. The fourth-order valence-electron chi connectivity index (χ4n) is 2.02. The second-order valence-corrected chi connectivity index (χ2v) is 8.30. The Kier molecular flexibility index (Phi) is 5.81. The first-order valence-corrected chi connectivity index (χ1v) is 9.27. The number of rotatable bonds is 5. The van der Waals surface area contributed by atoms with Crippen LogP contribution in [-0.4, -0.2) is 39.8 Å². The van der Waals surface area contributed by atoms with Crippen molar-refractivity contribution >= 4 is 37.5 Å². The molecule has 0 aliphatic rings. The monoisotopic (exact) mass is 430 g/mol. The van der Waals surface area contributed by atoms with Crippen molar-refractivity contribution in [3.8, 4) is 5.75 Å². The van der Waals surface area contributed by atoms with Gasteiger partial charge in [-0.05, 0) is 36.4 Å². The van der Waals surface area contributed by atoms with Gasteiger partial charge in [0.1, 0.15) is 11.6 Å². The number of carbonyl (C=O) groups excluding carboxylic acids is 1. The minimum atomic E-state index is -3.69. The Hall–Kier alpha value is -1.97. The van der Waals surface area contributed by atoms with Crippen molar-refractivity contribution in [2.45, 2.75) is 4.90 Å². The molecule has 0 saturated carbocycles. The lowest BCUT2D eigenvalue weighted by atomic mass is 10.2. The number of hydrogen-bond acceptors (Lipinski definition) is 4. The van der Waals surface area contributed by atoms with Gasteiger partial charge in [-0.1, -0.05) is 15.9 Å². The molecule has 0 unspecified atom stereocenters. The van der Waals surface area contributed by atoms with Crippen LogP contribution in [0.15, 0.2) is 45.8 Å². The first-order valence-electron chi connectivity index (χ1n) is 7.03. The Morgan fingerprint density at radius 2 is 1.88 bits per heavy atom. The number of carbonyl (C=O) groups is 1. The molecule has 0 spiro atoms. The highest BCUT2D eigenvalue weighted by Gasteiger charge is 2.21. The number of nitrogens with one attached hydrogen (secondary N) is 1. The van der Waals surface area contributed by atoms with Crippen LogP contribution in [0.5, 0.6) is 5.75 Å². The fourth-order valence-corrected chi connectivity index (χ4v) is 3.31. The van der Waals surface area contributed by atoms with E-state index in [0.29, 0.717) is 4.47 Å². The maximum Gasteiger partial charge on any atom is 0.258 e. The van der Waals surface area contributed by atoms with Crippen LogP contribution in [0.2, 0.25) is 0 Å². The molecule has 25 heavy (non-hydrogen) atoms. The van der Waals surface area contributed by atoms with Crippen LogP contribution < -0.4 is 10.1 Å². The largest absolute Gasteiger partial charge is 0.495 e. The fraction of sp³-hybridized carbons (Fsp3) is 0.188. The van der Waals surface area contributed by atoms with Gasteiger partial charge in [0.25, 0.3) is 5.91 Å². The van der Waals surface area contributed by atoms with Crippen LogP contribution in [0.4, 0.5) is 10.1 Å². The summed E-state index contributed by atoms with van der Waals surface area (Å²) in [5, 5.41) is 2.49. The number of amides is 1. The minimum Gasteiger partial charge on any atom is -0.495 e. The molecule has 6 nitrogen and oxygen atoms in total. The molecule has 2 aromatic rings. The number of sulfonamides is 1. The van der Waals surface area contributed by atoms with Gasteiger partial charge in [-0.25, -0.2) is 17.1 Å². The Bertz CT molecular complexity index is 916. The van der Waals surface area contributed by atoms with Crippen molar-refractivity contribution in [3.63, 3.8) is 0 Å². The van der Waals surface area contributed by atoms with E-state index in [2.05, 4.69) is 21.2 Å². The van der Waals surface area contributed by atoms with Gasteiger partial charge in [0.05, 0.1) is 23.3 Å². The molecule has 0 saturated heterocycles. The molecule has 134 valence electrons. The van der Waals surface area contributed by atoms with Crippen molar-refractivity contribution in [1.82, 2.24) is 4.31 Å². The molecular weight excluding hydrogens is 415 g/mol. The van der Waals surface area contributed by atoms with E-state index in [1.165, 1.54) is 51.5 Å². The zero-order valence-corrected chi connectivity index (χ0v) is 16.1. The standard InChI is InChI=1S/C16H16BrFN2O4S/c1-20(2)25(22,23)11-5-7-15(24-3)14(9-11)19-16(21)12-8-10(17)4-6-13(12)18/h4-9H,1-3H3,(H,19,21). The van der Waals surface area contributed by atoms with E-state index in [1.54, 1.807) is 0 Å². The lowest BCUT2D eigenvalue weighted by Crippen LogP contribution is -2.22. The van der Waals surface area contributed by atoms with Gasteiger partial charge in [0.2, 0.25) is 10.0 Å². The average Bonchev–Trinajstić information content (AvgIpc) is 2.56. The van der Waals surface area contributed by atoms with E-state index in [-0.39, 0.29) is 21.9 Å². The third-order valence-electron chi connectivity index (χ3n) is 3.37. The first-order chi connectivity index (χ1) is 11.7. The minimum absolute atomic E-state index is 0.0247. The van der Waals surface area contributed by atoms with Gasteiger partial charge in [-0.2, -0.15) is 0 Å². The smallest absolute Gasteiger partial charge is 0.258 e. The van der Waals surface area contributed by atoms with Crippen LogP contribution >= 0.6 is 15.9 Å². The van der Waals surface area contributed by atoms with Gasteiger partial charge in [0.15, 0.2) is 0 Å². The van der Waals surface area contributed by atoms with Crippen LogP contribution in [0.25, 0.3) is 0 Å². The number of methoxy groups -OCH3 is 1. The van der Waals surface area contributed by atoms with E-state index in [1.807, 2.05) is 0 Å². The Morgan fingerprint density at radius 1 is 1.20 bits per heavy atom. The molecule has 0 fully saturated rings. The quantitative estimate of drug-likeness (QED) is 0.790. The number of nitrogens with zero attached hydrogens (tertiary/aromatic N) is 1. The molecule has 9 heteroatoms. The summed E-state index contributed by atoms with van der Waals surface area (Å²) in [6.45, 7) is 0. The highest BCUT2D eigenvalue weighted by molar-refractivity contribution is 9.10. The van der Waals surface area contributed by atoms with Crippen molar-refractivity contribution < 1.29 is 22.3 Å².